The van der Waals surface area contributed by atoms with E-state index in [2.05, 4.69) is 0 Å². The lowest BCUT2D eigenvalue weighted by Gasteiger charge is -2.29. The van der Waals surface area contributed by atoms with Crippen molar-refractivity contribution in [2.75, 3.05) is 0 Å². The van der Waals surface area contributed by atoms with Crippen molar-refractivity contribution in [3.63, 3.8) is 0 Å². The molecular formula is C34H16N2O5. The molecule has 0 saturated heterocycles. The zero-order chi connectivity index (χ0) is 27.8. The summed E-state index contributed by atoms with van der Waals surface area (Å²) in [5, 5.41) is 32.0. The average molecular weight is 533 g/mol. The topological polar surface area (TPSA) is 103 Å². The molecule has 7 aromatic rings. The summed E-state index contributed by atoms with van der Waals surface area (Å²) in [7, 11) is 0. The van der Waals surface area contributed by atoms with Gasteiger partial charge in [-0.2, -0.15) is 0 Å². The van der Waals surface area contributed by atoms with E-state index in [4.69, 9.17) is 0 Å². The van der Waals surface area contributed by atoms with Gasteiger partial charge in [-0.1, -0.05) is 78.9 Å². The third kappa shape index (κ3) is 2.32. The van der Waals surface area contributed by atoms with E-state index in [1.807, 2.05) is 60.7 Å². The molecule has 2 aliphatic rings. The summed E-state index contributed by atoms with van der Waals surface area (Å²) in [6, 6.07) is 29.3. The highest BCUT2D eigenvalue weighted by Gasteiger charge is 2.64. The Labute approximate surface area is 230 Å². The quantitative estimate of drug-likeness (QED) is 0.0747. The smallest absolute Gasteiger partial charge is 0.289 e. The second-order valence-corrected chi connectivity index (χ2v) is 10.7. The first-order valence-electron chi connectivity index (χ1n) is 13.2. The van der Waals surface area contributed by atoms with Gasteiger partial charge in [-0.15, -0.1) is 0 Å². The molecule has 0 aliphatic heterocycles. The van der Waals surface area contributed by atoms with Gasteiger partial charge >= 0.3 is 5.66 Å². The molecule has 0 radical (unpaired) electrons. The van der Waals surface area contributed by atoms with E-state index in [9.17, 15) is 25.0 Å². The van der Waals surface area contributed by atoms with Crippen LogP contribution in [0.5, 0.6) is 0 Å². The molecule has 0 aromatic heterocycles. The zero-order valence-corrected chi connectivity index (χ0v) is 21.2. The fourth-order valence-electron chi connectivity index (χ4n) is 7.51. The Bertz CT molecular complexity index is 2370. The molecule has 0 amide bonds. The maximum absolute atomic E-state index is 13.6. The molecule has 0 fully saturated rings. The molecule has 7 heteroatoms. The van der Waals surface area contributed by atoms with Crippen molar-refractivity contribution >= 4 is 48.9 Å². The Balaban J connectivity index is 1.53. The van der Waals surface area contributed by atoms with E-state index in [0.29, 0.717) is 22.1 Å². The Morgan fingerprint density at radius 1 is 0.439 bits per heavy atom. The molecule has 0 heterocycles. The minimum absolute atomic E-state index is 0.0220. The number of nitrogens with zero attached hydrogens (tertiary/aromatic N) is 2. The van der Waals surface area contributed by atoms with Crippen LogP contribution in [0, 0.1) is 20.2 Å². The number of hydrogen-bond donors (Lipinski definition) is 0. The van der Waals surface area contributed by atoms with Crippen molar-refractivity contribution in [3.8, 4) is 22.3 Å². The van der Waals surface area contributed by atoms with Crippen molar-refractivity contribution in [2.45, 2.75) is 5.66 Å². The van der Waals surface area contributed by atoms with E-state index < -0.39 is 15.5 Å². The minimum atomic E-state index is -2.64. The monoisotopic (exact) mass is 532 g/mol. The molecule has 0 spiro atoms. The van der Waals surface area contributed by atoms with Crippen LogP contribution in [-0.4, -0.2) is 15.6 Å². The molecule has 9 rings (SSSR count). The minimum Gasteiger partial charge on any atom is -0.289 e. The lowest BCUT2D eigenvalue weighted by atomic mass is 9.74. The maximum atomic E-state index is 13.6. The molecule has 7 nitrogen and oxygen atoms in total. The third-order valence-corrected chi connectivity index (χ3v) is 9.11. The number of benzene rings is 7. The van der Waals surface area contributed by atoms with E-state index >= 15 is 0 Å². The third-order valence-electron chi connectivity index (χ3n) is 9.11. The standard InChI is InChI=1S/C34H16N2O5/c37-33-25-7-2-1-5-17(25)19-9-11-21-23-12-10-20-18-6-3-4-8-27(18)34(35(38)39,36(40)41)28-16-15-24(30(23)32(20)28)22-13-14-26(33)31(19)29(21)22/h1-16H. The van der Waals surface area contributed by atoms with Gasteiger partial charge < -0.3 is 0 Å². The second-order valence-electron chi connectivity index (χ2n) is 10.7. The highest BCUT2D eigenvalue weighted by Crippen LogP contribution is 2.54. The zero-order valence-electron chi connectivity index (χ0n) is 21.2. The van der Waals surface area contributed by atoms with Crippen molar-refractivity contribution in [1.29, 1.82) is 0 Å². The average Bonchev–Trinajstić information content (AvgIpc) is 2.99. The largest absolute Gasteiger partial charge is 0.511 e. The van der Waals surface area contributed by atoms with E-state index in [0.717, 1.165) is 54.4 Å². The first-order chi connectivity index (χ1) is 19.9. The summed E-state index contributed by atoms with van der Waals surface area (Å²) in [6.45, 7) is 0. The van der Waals surface area contributed by atoms with E-state index in [1.165, 1.54) is 6.07 Å². The number of rotatable bonds is 2. The van der Waals surface area contributed by atoms with E-state index in [1.54, 1.807) is 30.3 Å². The van der Waals surface area contributed by atoms with Crippen LogP contribution in [0.25, 0.3) is 65.3 Å². The molecule has 7 aromatic carbocycles. The Morgan fingerprint density at radius 3 is 1.56 bits per heavy atom. The van der Waals surface area contributed by atoms with Crippen LogP contribution in [0.2, 0.25) is 0 Å². The fraction of sp³-hybridized carbons (Fsp3) is 0.0294. The Morgan fingerprint density at radius 2 is 0.927 bits per heavy atom. The van der Waals surface area contributed by atoms with Gasteiger partial charge in [0.25, 0.3) is 0 Å². The first kappa shape index (κ1) is 22.2. The lowest BCUT2D eigenvalue weighted by Crippen LogP contribution is -2.46. The predicted molar refractivity (Wildman–Crippen MR) is 157 cm³/mol. The molecule has 192 valence electrons. The summed E-state index contributed by atoms with van der Waals surface area (Å²) < 4.78 is 0. The van der Waals surface area contributed by atoms with Crippen LogP contribution in [-0.2, 0) is 5.66 Å². The van der Waals surface area contributed by atoms with E-state index in [-0.39, 0.29) is 16.9 Å². The molecule has 0 saturated carbocycles. The van der Waals surface area contributed by atoms with Crippen LogP contribution >= 0.6 is 0 Å². The molecule has 0 N–H and O–H groups in total. The highest BCUT2D eigenvalue weighted by atomic mass is 16.7. The number of fused-ring (bicyclic) bond motifs is 6. The summed E-state index contributed by atoms with van der Waals surface area (Å²) in [5.41, 5.74) is 1.88. The molecular weight excluding hydrogens is 516 g/mol. The van der Waals surface area contributed by atoms with Gasteiger partial charge in [0.2, 0.25) is 0 Å². The van der Waals surface area contributed by atoms with Gasteiger partial charge in [0.05, 0.1) is 0 Å². The Kier molecular flexibility index (Phi) is 3.83. The van der Waals surface area contributed by atoms with Gasteiger partial charge in [0.1, 0.15) is 21.0 Å². The van der Waals surface area contributed by atoms with Crippen LogP contribution in [0.1, 0.15) is 27.0 Å². The van der Waals surface area contributed by atoms with Gasteiger partial charge in [-0.05, 0) is 67.2 Å². The number of nitro groups is 2. The lowest BCUT2D eigenvalue weighted by molar-refractivity contribution is -0.796. The molecule has 2 aliphatic carbocycles. The molecule has 41 heavy (non-hydrogen) atoms. The number of hydrogen-bond acceptors (Lipinski definition) is 5. The van der Waals surface area contributed by atoms with Crippen LogP contribution in [0.3, 0.4) is 0 Å². The maximum Gasteiger partial charge on any atom is 0.511 e. The SMILES string of the molecule is O=C1c2ccccc2-c2ccc3c4ccc5c6c(ccc(c7ccc1c2c37)c64)C([N+](=O)[O-])([N+](=O)[O-])c1ccccc1-5. The van der Waals surface area contributed by atoms with Gasteiger partial charge in [0, 0.05) is 27.5 Å². The highest BCUT2D eigenvalue weighted by molar-refractivity contribution is 6.39. The summed E-state index contributed by atoms with van der Waals surface area (Å²) in [6.07, 6.45) is 0. The van der Waals surface area contributed by atoms with Gasteiger partial charge in [-0.3, -0.25) is 25.0 Å². The van der Waals surface area contributed by atoms with Crippen LogP contribution in [0.4, 0.5) is 0 Å². The number of carbonyl (C=O) groups excluding carboxylic acids is 1. The Hall–Kier alpha value is -5.69. The van der Waals surface area contributed by atoms with Crippen molar-refractivity contribution < 1.29 is 14.6 Å². The molecule has 0 bridgehead atoms. The molecule has 0 atom stereocenters. The van der Waals surface area contributed by atoms with Gasteiger partial charge in [0.15, 0.2) is 5.78 Å². The summed E-state index contributed by atoms with van der Waals surface area (Å²) in [4.78, 5) is 37.5. The van der Waals surface area contributed by atoms with Crippen LogP contribution in [0.15, 0.2) is 97.1 Å². The van der Waals surface area contributed by atoms with Crippen molar-refractivity contribution in [3.05, 3.63) is 140 Å². The summed E-state index contributed by atoms with van der Waals surface area (Å²) >= 11 is 0. The molecule has 0 unspecified atom stereocenters. The van der Waals surface area contributed by atoms with Gasteiger partial charge in [-0.25, -0.2) is 0 Å². The first-order valence-corrected chi connectivity index (χ1v) is 13.2. The van der Waals surface area contributed by atoms with Crippen molar-refractivity contribution in [1.82, 2.24) is 0 Å². The second kappa shape index (κ2) is 7.08. The predicted octanol–water partition coefficient (Wildman–Crippen LogP) is 7.68. The number of ketones is 1. The normalized spacial score (nSPS) is 14.5. The van der Waals surface area contributed by atoms with Crippen LogP contribution < -0.4 is 0 Å². The summed E-state index contributed by atoms with van der Waals surface area (Å²) in [5.74, 6) is -0.0220. The van der Waals surface area contributed by atoms with Crippen molar-refractivity contribution in [2.24, 2.45) is 0 Å². The number of carbonyl (C=O) groups is 1. The fourth-order valence-corrected chi connectivity index (χ4v) is 7.51.